The van der Waals surface area contributed by atoms with E-state index in [-0.39, 0.29) is 6.03 Å². The Labute approximate surface area is 109 Å². The lowest BCUT2D eigenvalue weighted by atomic mass is 9.99. The maximum Gasteiger partial charge on any atom is 0.317 e. The van der Waals surface area contributed by atoms with Crippen LogP contribution < -0.4 is 10.6 Å². The van der Waals surface area contributed by atoms with Crippen LogP contribution in [0, 0.1) is 11.8 Å². The minimum atomic E-state index is 0.154. The van der Waals surface area contributed by atoms with Crippen LogP contribution in [0.2, 0.25) is 0 Å². The second kappa shape index (κ2) is 5.05. The molecule has 3 rings (SSSR count). The van der Waals surface area contributed by atoms with E-state index in [9.17, 15) is 4.79 Å². The highest BCUT2D eigenvalue weighted by Gasteiger charge is 2.37. The van der Waals surface area contributed by atoms with Gasteiger partial charge in [0.2, 0.25) is 0 Å². The molecule has 3 atom stereocenters. The summed E-state index contributed by atoms with van der Waals surface area (Å²) in [6.07, 6.45) is 2.43. The Kier molecular flexibility index (Phi) is 3.43. The number of amides is 2. The van der Waals surface area contributed by atoms with E-state index < -0.39 is 0 Å². The highest BCUT2D eigenvalue weighted by atomic mass is 16.2. The highest BCUT2D eigenvalue weighted by Crippen LogP contribution is 2.23. The molecule has 0 saturated carbocycles. The summed E-state index contributed by atoms with van der Waals surface area (Å²) in [5.74, 6) is 1.30. The fraction of sp³-hybridized carbons (Fsp3) is 0.923. The average molecular weight is 252 g/mol. The van der Waals surface area contributed by atoms with E-state index >= 15 is 0 Å². The van der Waals surface area contributed by atoms with Crippen LogP contribution in [0.3, 0.4) is 0 Å². The quantitative estimate of drug-likeness (QED) is 0.740. The Morgan fingerprint density at radius 3 is 2.89 bits per heavy atom. The van der Waals surface area contributed by atoms with Gasteiger partial charge in [-0.05, 0) is 51.4 Å². The third-order valence-electron chi connectivity index (χ3n) is 4.65. The molecule has 2 amide bonds. The lowest BCUT2D eigenvalue weighted by Gasteiger charge is -2.20. The molecular weight excluding hydrogens is 228 g/mol. The van der Waals surface area contributed by atoms with Gasteiger partial charge in [-0.1, -0.05) is 0 Å². The van der Waals surface area contributed by atoms with Gasteiger partial charge in [0.1, 0.15) is 0 Å². The van der Waals surface area contributed by atoms with E-state index in [1.165, 1.54) is 19.4 Å². The van der Waals surface area contributed by atoms with Crippen LogP contribution in [0.25, 0.3) is 0 Å². The molecule has 0 radical (unpaired) electrons. The summed E-state index contributed by atoms with van der Waals surface area (Å²) in [6, 6.07) is 0.526. The molecule has 0 aromatic rings. The van der Waals surface area contributed by atoms with Crippen LogP contribution in [-0.4, -0.2) is 68.2 Å². The molecule has 3 heterocycles. The van der Waals surface area contributed by atoms with E-state index in [0.29, 0.717) is 17.9 Å². The summed E-state index contributed by atoms with van der Waals surface area (Å²) in [5, 5.41) is 6.55. The summed E-state index contributed by atoms with van der Waals surface area (Å²) in [6.45, 7) is 6.32. The molecule has 102 valence electrons. The number of hydrogen-bond donors (Lipinski definition) is 2. The van der Waals surface area contributed by atoms with Crippen LogP contribution >= 0.6 is 0 Å². The Morgan fingerprint density at radius 2 is 2.22 bits per heavy atom. The van der Waals surface area contributed by atoms with Gasteiger partial charge in [0.05, 0.1) is 6.04 Å². The minimum absolute atomic E-state index is 0.154. The van der Waals surface area contributed by atoms with Crippen molar-refractivity contribution in [2.75, 3.05) is 46.3 Å². The summed E-state index contributed by atoms with van der Waals surface area (Å²) >= 11 is 0. The number of hydrogen-bond acceptors (Lipinski definition) is 3. The zero-order valence-corrected chi connectivity index (χ0v) is 11.2. The predicted molar refractivity (Wildman–Crippen MR) is 70.5 cm³/mol. The number of carbonyl (C=O) groups excluding carboxylic acids is 1. The van der Waals surface area contributed by atoms with Gasteiger partial charge in [-0.2, -0.15) is 0 Å². The van der Waals surface area contributed by atoms with Gasteiger partial charge in [-0.15, -0.1) is 0 Å². The molecule has 3 fully saturated rings. The fourth-order valence-corrected chi connectivity index (χ4v) is 3.52. The number of likely N-dealkylation sites (tertiary alicyclic amines) is 1. The standard InChI is InChI=1S/C13H24N4O/c1-16-5-3-11(8-16)12-9-17(13(18)15-12)7-10-2-4-14-6-10/h10-12,14H,2-9H2,1H3,(H,15,18). The summed E-state index contributed by atoms with van der Waals surface area (Å²) in [5.41, 5.74) is 0. The molecule has 5 heteroatoms. The first-order valence-electron chi connectivity index (χ1n) is 7.17. The van der Waals surface area contributed by atoms with Gasteiger partial charge >= 0.3 is 6.03 Å². The molecule has 5 nitrogen and oxygen atoms in total. The van der Waals surface area contributed by atoms with E-state index in [4.69, 9.17) is 0 Å². The van der Waals surface area contributed by atoms with Crippen molar-refractivity contribution in [1.29, 1.82) is 0 Å². The summed E-state index contributed by atoms with van der Waals surface area (Å²) in [7, 11) is 2.17. The zero-order valence-electron chi connectivity index (χ0n) is 11.2. The van der Waals surface area contributed by atoms with Crippen molar-refractivity contribution < 1.29 is 4.79 Å². The van der Waals surface area contributed by atoms with Crippen molar-refractivity contribution in [3.8, 4) is 0 Å². The van der Waals surface area contributed by atoms with Crippen LogP contribution in [-0.2, 0) is 0 Å². The number of nitrogens with zero attached hydrogens (tertiary/aromatic N) is 2. The van der Waals surface area contributed by atoms with Crippen LogP contribution in [0.15, 0.2) is 0 Å². The van der Waals surface area contributed by atoms with Gasteiger partial charge < -0.3 is 20.4 Å². The number of urea groups is 1. The maximum atomic E-state index is 12.0. The average Bonchev–Trinajstić information content (AvgIpc) is 3.03. The molecule has 0 bridgehead atoms. The molecular formula is C13H24N4O. The van der Waals surface area contributed by atoms with E-state index in [1.807, 2.05) is 4.90 Å². The number of nitrogens with one attached hydrogen (secondary N) is 2. The third-order valence-corrected chi connectivity index (χ3v) is 4.65. The number of carbonyl (C=O) groups is 1. The molecule has 0 aromatic heterocycles. The van der Waals surface area contributed by atoms with Crippen molar-refractivity contribution in [3.05, 3.63) is 0 Å². The van der Waals surface area contributed by atoms with Gasteiger partial charge in [-0.25, -0.2) is 4.79 Å². The molecule has 2 N–H and O–H groups in total. The Bertz CT molecular complexity index is 316. The van der Waals surface area contributed by atoms with Crippen molar-refractivity contribution in [2.24, 2.45) is 11.8 Å². The Morgan fingerprint density at radius 1 is 1.33 bits per heavy atom. The summed E-state index contributed by atoms with van der Waals surface area (Å²) < 4.78 is 0. The second-order valence-electron chi connectivity index (χ2n) is 6.13. The van der Waals surface area contributed by atoms with Crippen LogP contribution in [0.5, 0.6) is 0 Å². The molecule has 3 aliphatic heterocycles. The molecule has 3 unspecified atom stereocenters. The molecule has 0 aliphatic carbocycles. The Hall–Kier alpha value is -0.810. The van der Waals surface area contributed by atoms with Crippen LogP contribution in [0.1, 0.15) is 12.8 Å². The zero-order chi connectivity index (χ0) is 12.5. The highest BCUT2D eigenvalue weighted by molar-refractivity contribution is 5.77. The fourth-order valence-electron chi connectivity index (χ4n) is 3.52. The van der Waals surface area contributed by atoms with Gasteiger partial charge in [0.25, 0.3) is 0 Å². The molecule has 0 spiro atoms. The van der Waals surface area contributed by atoms with Crippen molar-refractivity contribution >= 4 is 6.03 Å². The van der Waals surface area contributed by atoms with Crippen LogP contribution in [0.4, 0.5) is 4.79 Å². The Balaban J connectivity index is 1.53. The minimum Gasteiger partial charge on any atom is -0.333 e. The molecule has 3 saturated heterocycles. The topological polar surface area (TPSA) is 47.6 Å². The third kappa shape index (κ3) is 2.47. The second-order valence-corrected chi connectivity index (χ2v) is 6.13. The van der Waals surface area contributed by atoms with Gasteiger partial charge in [0.15, 0.2) is 0 Å². The monoisotopic (exact) mass is 252 g/mol. The molecule has 18 heavy (non-hydrogen) atoms. The molecule has 3 aliphatic rings. The van der Waals surface area contributed by atoms with E-state index in [2.05, 4.69) is 22.6 Å². The van der Waals surface area contributed by atoms with E-state index in [1.54, 1.807) is 0 Å². The van der Waals surface area contributed by atoms with E-state index in [0.717, 1.165) is 32.7 Å². The maximum absolute atomic E-state index is 12.0. The van der Waals surface area contributed by atoms with Gasteiger partial charge in [-0.3, -0.25) is 0 Å². The normalized spacial score (nSPS) is 37.5. The smallest absolute Gasteiger partial charge is 0.317 e. The van der Waals surface area contributed by atoms with Crippen molar-refractivity contribution in [1.82, 2.24) is 20.4 Å². The molecule has 0 aromatic carbocycles. The van der Waals surface area contributed by atoms with Crippen molar-refractivity contribution in [2.45, 2.75) is 18.9 Å². The first-order chi connectivity index (χ1) is 8.72. The lowest BCUT2D eigenvalue weighted by molar-refractivity contribution is 0.210. The number of rotatable bonds is 3. The summed E-state index contributed by atoms with van der Waals surface area (Å²) in [4.78, 5) is 16.4. The largest absolute Gasteiger partial charge is 0.333 e. The first kappa shape index (κ1) is 12.2. The van der Waals surface area contributed by atoms with Gasteiger partial charge in [0, 0.05) is 19.6 Å². The van der Waals surface area contributed by atoms with Crippen molar-refractivity contribution in [3.63, 3.8) is 0 Å². The predicted octanol–water partition coefficient (Wildman–Crippen LogP) is -0.0586. The first-order valence-corrected chi connectivity index (χ1v) is 7.17. The lowest BCUT2D eigenvalue weighted by Crippen LogP contribution is -2.35. The SMILES string of the molecule is CN1CCC(C2CN(CC3CCNC3)C(=O)N2)C1.